The van der Waals surface area contributed by atoms with Gasteiger partial charge in [-0.25, -0.2) is 4.98 Å². The minimum absolute atomic E-state index is 0.0918. The van der Waals surface area contributed by atoms with Gasteiger partial charge in [-0.2, -0.15) is 8.42 Å². The van der Waals surface area contributed by atoms with Gasteiger partial charge >= 0.3 is 0 Å². The van der Waals surface area contributed by atoms with Crippen molar-refractivity contribution < 1.29 is 8.42 Å². The summed E-state index contributed by atoms with van der Waals surface area (Å²) < 4.78 is 28.5. The zero-order valence-electron chi connectivity index (χ0n) is 11.3. The van der Waals surface area contributed by atoms with E-state index in [1.165, 1.54) is 15.2 Å². The van der Waals surface area contributed by atoms with E-state index >= 15 is 0 Å². The number of para-hydroxylation sites is 1. The van der Waals surface area contributed by atoms with Crippen molar-refractivity contribution in [2.24, 2.45) is 7.05 Å². The second-order valence-corrected chi connectivity index (χ2v) is 7.42. The molecule has 1 aromatic carbocycles. The SMILES string of the molecule is Cn1cnc(S(=O)(=O)N2CCCc3cccc(Cl)c32)c1Cl. The Bertz CT molecular complexity index is 802. The van der Waals surface area contributed by atoms with E-state index < -0.39 is 10.0 Å². The van der Waals surface area contributed by atoms with Crippen molar-refractivity contribution in [3.63, 3.8) is 0 Å². The van der Waals surface area contributed by atoms with Crippen LogP contribution in [-0.4, -0.2) is 24.5 Å². The highest BCUT2D eigenvalue weighted by molar-refractivity contribution is 7.92. The van der Waals surface area contributed by atoms with E-state index in [1.54, 1.807) is 13.1 Å². The van der Waals surface area contributed by atoms with Crippen LogP contribution < -0.4 is 4.31 Å². The molecule has 3 rings (SSSR count). The van der Waals surface area contributed by atoms with E-state index in [0.717, 1.165) is 18.4 Å². The molecule has 0 N–H and O–H groups in total. The number of sulfonamides is 1. The molecule has 0 bridgehead atoms. The van der Waals surface area contributed by atoms with Gasteiger partial charge in [0.05, 0.1) is 17.0 Å². The van der Waals surface area contributed by atoms with Gasteiger partial charge < -0.3 is 4.57 Å². The molecule has 0 unspecified atom stereocenters. The summed E-state index contributed by atoms with van der Waals surface area (Å²) in [6, 6.07) is 5.40. The maximum absolute atomic E-state index is 12.8. The average Bonchev–Trinajstić information content (AvgIpc) is 2.79. The van der Waals surface area contributed by atoms with Gasteiger partial charge in [0.2, 0.25) is 5.03 Å². The van der Waals surface area contributed by atoms with Gasteiger partial charge in [-0.15, -0.1) is 0 Å². The molecule has 0 saturated carbocycles. The second kappa shape index (κ2) is 5.19. The molecular formula is C13H13Cl2N3O2S. The molecule has 0 spiro atoms. The molecule has 8 heteroatoms. The standard InChI is InChI=1S/C13H13Cl2N3O2S/c1-17-8-16-13(12(17)15)21(19,20)18-7-3-5-9-4-2-6-10(14)11(9)18/h2,4,6,8H,3,5,7H2,1H3. The first-order chi connectivity index (χ1) is 9.93. The van der Waals surface area contributed by atoms with Gasteiger partial charge in [0.25, 0.3) is 10.0 Å². The summed E-state index contributed by atoms with van der Waals surface area (Å²) in [7, 11) is -2.18. The predicted molar refractivity (Wildman–Crippen MR) is 82.5 cm³/mol. The Hall–Kier alpha value is -1.24. The van der Waals surface area contributed by atoms with Crippen molar-refractivity contribution in [3.05, 3.63) is 40.3 Å². The third-order valence-corrected chi connectivity index (χ3v) is 6.09. The van der Waals surface area contributed by atoms with Gasteiger partial charge in [-0.05, 0) is 24.5 Å². The zero-order chi connectivity index (χ0) is 15.2. The Labute approximate surface area is 133 Å². The molecule has 21 heavy (non-hydrogen) atoms. The van der Waals surface area contributed by atoms with Crippen LogP contribution in [0.15, 0.2) is 29.6 Å². The molecule has 0 fully saturated rings. The quantitative estimate of drug-likeness (QED) is 0.840. The Morgan fingerprint density at radius 2 is 2.05 bits per heavy atom. The first kappa shape index (κ1) is 14.7. The fourth-order valence-electron chi connectivity index (χ4n) is 2.48. The predicted octanol–water partition coefficient (Wildman–Crippen LogP) is 2.87. The number of halogens is 2. The van der Waals surface area contributed by atoms with Gasteiger partial charge in [-0.3, -0.25) is 4.31 Å². The first-order valence-electron chi connectivity index (χ1n) is 6.40. The van der Waals surface area contributed by atoms with Crippen LogP contribution in [0.25, 0.3) is 0 Å². The van der Waals surface area contributed by atoms with E-state index in [0.29, 0.717) is 17.3 Å². The first-order valence-corrected chi connectivity index (χ1v) is 8.59. The van der Waals surface area contributed by atoms with Gasteiger partial charge in [0, 0.05) is 13.6 Å². The summed E-state index contributed by atoms with van der Waals surface area (Å²) in [6.45, 7) is 0.367. The topological polar surface area (TPSA) is 55.2 Å². The zero-order valence-corrected chi connectivity index (χ0v) is 13.6. The molecular weight excluding hydrogens is 333 g/mol. The fourth-order valence-corrected chi connectivity index (χ4v) is 4.78. The normalized spacial score (nSPS) is 15.1. The maximum Gasteiger partial charge on any atom is 0.285 e. The van der Waals surface area contributed by atoms with E-state index in [2.05, 4.69) is 4.98 Å². The van der Waals surface area contributed by atoms with Crippen LogP contribution in [0, 0.1) is 0 Å². The van der Waals surface area contributed by atoms with Crippen molar-refractivity contribution in [1.82, 2.24) is 9.55 Å². The lowest BCUT2D eigenvalue weighted by Crippen LogP contribution is -2.36. The van der Waals surface area contributed by atoms with E-state index in [1.807, 2.05) is 12.1 Å². The average molecular weight is 346 g/mol. The van der Waals surface area contributed by atoms with E-state index in [-0.39, 0.29) is 10.2 Å². The summed E-state index contributed by atoms with van der Waals surface area (Å²) in [6.07, 6.45) is 2.92. The number of fused-ring (bicyclic) bond motifs is 1. The van der Waals surface area contributed by atoms with Crippen molar-refractivity contribution in [2.45, 2.75) is 17.9 Å². The van der Waals surface area contributed by atoms with E-state index in [9.17, 15) is 8.42 Å². The molecule has 2 aromatic rings. The number of hydrogen-bond acceptors (Lipinski definition) is 3. The number of rotatable bonds is 2. The molecule has 112 valence electrons. The number of nitrogens with zero attached hydrogens (tertiary/aromatic N) is 3. The summed E-state index contributed by atoms with van der Waals surface area (Å²) in [5.74, 6) is 0. The lowest BCUT2D eigenvalue weighted by atomic mass is 10.0. The molecule has 0 radical (unpaired) electrons. The van der Waals surface area contributed by atoms with Crippen LogP contribution in [0.3, 0.4) is 0 Å². The maximum atomic E-state index is 12.8. The molecule has 0 aliphatic carbocycles. The highest BCUT2D eigenvalue weighted by Gasteiger charge is 2.34. The van der Waals surface area contributed by atoms with Crippen LogP contribution in [-0.2, 0) is 23.5 Å². The number of benzene rings is 1. The third kappa shape index (κ3) is 2.31. The Balaban J connectivity index is 2.17. The molecule has 2 heterocycles. The second-order valence-electron chi connectivity index (χ2n) is 4.88. The molecule has 1 aromatic heterocycles. The number of anilines is 1. The molecule has 0 saturated heterocycles. The fraction of sp³-hybridized carbons (Fsp3) is 0.308. The van der Waals surface area contributed by atoms with E-state index in [4.69, 9.17) is 23.2 Å². The van der Waals surface area contributed by atoms with Crippen molar-refractivity contribution in [3.8, 4) is 0 Å². The van der Waals surface area contributed by atoms with Crippen LogP contribution in [0.5, 0.6) is 0 Å². The largest absolute Gasteiger partial charge is 0.324 e. The Morgan fingerprint density at radius 3 is 2.71 bits per heavy atom. The highest BCUT2D eigenvalue weighted by Crippen LogP contribution is 2.38. The number of aromatic nitrogens is 2. The van der Waals surface area contributed by atoms with Crippen LogP contribution in [0.1, 0.15) is 12.0 Å². The van der Waals surface area contributed by atoms with Crippen LogP contribution in [0.4, 0.5) is 5.69 Å². The third-order valence-electron chi connectivity index (χ3n) is 3.50. The molecule has 1 aliphatic heterocycles. The lowest BCUT2D eigenvalue weighted by Gasteiger charge is -2.30. The summed E-state index contributed by atoms with van der Waals surface area (Å²) in [4.78, 5) is 3.92. The minimum Gasteiger partial charge on any atom is -0.324 e. The van der Waals surface area contributed by atoms with Crippen LogP contribution in [0.2, 0.25) is 10.2 Å². The van der Waals surface area contributed by atoms with Gasteiger partial charge in [-0.1, -0.05) is 35.3 Å². The number of imidazole rings is 1. The molecule has 1 aliphatic rings. The summed E-state index contributed by atoms with van der Waals surface area (Å²) in [5.41, 5.74) is 1.46. The van der Waals surface area contributed by atoms with Crippen LogP contribution >= 0.6 is 23.2 Å². The minimum atomic E-state index is -3.82. The van der Waals surface area contributed by atoms with Gasteiger partial charge in [0.15, 0.2) is 0 Å². The summed E-state index contributed by atoms with van der Waals surface area (Å²) >= 11 is 12.3. The monoisotopic (exact) mass is 345 g/mol. The number of hydrogen-bond donors (Lipinski definition) is 0. The lowest BCUT2D eigenvalue weighted by molar-refractivity contribution is 0.583. The molecule has 5 nitrogen and oxygen atoms in total. The summed E-state index contributed by atoms with van der Waals surface area (Å²) in [5, 5.41) is 0.372. The van der Waals surface area contributed by atoms with Crippen molar-refractivity contribution in [2.75, 3.05) is 10.8 Å². The Kier molecular flexibility index (Phi) is 3.63. The number of aryl methyl sites for hydroxylation is 2. The van der Waals surface area contributed by atoms with Crippen molar-refractivity contribution in [1.29, 1.82) is 0 Å². The smallest absolute Gasteiger partial charge is 0.285 e. The highest BCUT2D eigenvalue weighted by atomic mass is 35.5. The van der Waals surface area contributed by atoms with Crippen molar-refractivity contribution >= 4 is 38.9 Å². The Morgan fingerprint density at radius 1 is 1.29 bits per heavy atom. The van der Waals surface area contributed by atoms with Gasteiger partial charge in [0.1, 0.15) is 5.15 Å². The molecule has 0 amide bonds. The molecule has 0 atom stereocenters.